The minimum Gasteiger partial charge on any atom is -0.352 e. The Labute approximate surface area is 215 Å². The van der Waals surface area contributed by atoms with Crippen LogP contribution in [0.4, 0.5) is 0 Å². The van der Waals surface area contributed by atoms with Gasteiger partial charge in [-0.1, -0.05) is 109 Å². The molecule has 4 rings (SSSR count). The van der Waals surface area contributed by atoms with E-state index in [0.717, 1.165) is 47.9 Å². The van der Waals surface area contributed by atoms with Gasteiger partial charge in [0.2, 0.25) is 11.8 Å². The molecule has 0 radical (unpaired) electrons. The third-order valence-electron chi connectivity index (χ3n) is 7.17. The summed E-state index contributed by atoms with van der Waals surface area (Å²) in [7, 11) is 0. The maximum absolute atomic E-state index is 13.8. The van der Waals surface area contributed by atoms with Crippen molar-refractivity contribution in [1.82, 2.24) is 10.2 Å². The van der Waals surface area contributed by atoms with Gasteiger partial charge >= 0.3 is 0 Å². The second kappa shape index (κ2) is 12.5. The summed E-state index contributed by atoms with van der Waals surface area (Å²) < 4.78 is 0. The van der Waals surface area contributed by atoms with Crippen molar-refractivity contribution in [3.05, 3.63) is 107 Å². The van der Waals surface area contributed by atoms with Gasteiger partial charge in [0.05, 0.1) is 6.42 Å². The Kier molecular flexibility index (Phi) is 8.94. The highest BCUT2D eigenvalue weighted by Crippen LogP contribution is 2.20. The zero-order chi connectivity index (χ0) is 25.3. The summed E-state index contributed by atoms with van der Waals surface area (Å²) in [4.78, 5) is 29.4. The standard InChI is InChI=1S/C32H38N2O2/c1-24-13-17-27(18-14-24)22-31(35)34(23-28-19-15-25(2)16-20-28)30(21-26-9-5-3-6-10-26)32(36)33-29-11-7-4-8-12-29/h3,5-6,9-10,13-20,29-30H,4,7-8,11-12,21-23H2,1-2H3,(H,33,36). The maximum Gasteiger partial charge on any atom is 0.243 e. The normalized spacial score (nSPS) is 14.7. The van der Waals surface area contributed by atoms with Crippen LogP contribution in [-0.4, -0.2) is 28.8 Å². The zero-order valence-corrected chi connectivity index (χ0v) is 21.6. The van der Waals surface area contributed by atoms with Gasteiger partial charge in [-0.05, 0) is 43.4 Å². The predicted octanol–water partition coefficient (Wildman–Crippen LogP) is 5.93. The summed E-state index contributed by atoms with van der Waals surface area (Å²) >= 11 is 0. The van der Waals surface area contributed by atoms with Gasteiger partial charge in [0.25, 0.3) is 0 Å². The molecule has 1 saturated carbocycles. The summed E-state index contributed by atoms with van der Waals surface area (Å²) in [5.41, 5.74) is 5.38. The van der Waals surface area contributed by atoms with E-state index in [1.807, 2.05) is 61.5 Å². The van der Waals surface area contributed by atoms with Crippen molar-refractivity contribution < 1.29 is 9.59 Å². The molecule has 0 saturated heterocycles. The van der Waals surface area contributed by atoms with Crippen LogP contribution < -0.4 is 5.32 Å². The number of nitrogens with one attached hydrogen (secondary N) is 1. The van der Waals surface area contributed by atoms with Crippen LogP contribution in [0.15, 0.2) is 78.9 Å². The average molecular weight is 483 g/mol. The fraction of sp³-hybridized carbons (Fsp3) is 0.375. The Morgan fingerprint density at radius 3 is 1.97 bits per heavy atom. The minimum absolute atomic E-state index is 0.0286. The van der Waals surface area contributed by atoms with Gasteiger partial charge < -0.3 is 10.2 Å². The lowest BCUT2D eigenvalue weighted by Gasteiger charge is -2.33. The molecule has 3 aromatic rings. The lowest BCUT2D eigenvalue weighted by molar-refractivity contribution is -0.141. The molecule has 0 aromatic heterocycles. The Morgan fingerprint density at radius 2 is 1.36 bits per heavy atom. The van der Waals surface area contributed by atoms with Gasteiger partial charge in [-0.2, -0.15) is 0 Å². The third-order valence-corrected chi connectivity index (χ3v) is 7.17. The van der Waals surface area contributed by atoms with Crippen LogP contribution in [0.5, 0.6) is 0 Å². The Bertz CT molecular complexity index is 1120. The SMILES string of the molecule is Cc1ccc(CC(=O)N(Cc2ccc(C)cc2)C(Cc2ccccc2)C(=O)NC2CCCCC2)cc1. The van der Waals surface area contributed by atoms with Crippen LogP contribution in [0.25, 0.3) is 0 Å². The van der Waals surface area contributed by atoms with E-state index in [2.05, 4.69) is 36.5 Å². The summed E-state index contributed by atoms with van der Waals surface area (Å²) in [6.07, 6.45) is 6.31. The lowest BCUT2D eigenvalue weighted by atomic mass is 9.94. The first kappa shape index (κ1) is 25.7. The number of carbonyl (C=O) groups is 2. The minimum atomic E-state index is -0.575. The number of nitrogens with zero attached hydrogens (tertiary/aromatic N) is 1. The van der Waals surface area contributed by atoms with Crippen LogP contribution in [0.2, 0.25) is 0 Å². The summed E-state index contributed by atoms with van der Waals surface area (Å²) in [6, 6.07) is 26.0. The molecule has 1 aliphatic carbocycles. The predicted molar refractivity (Wildman–Crippen MR) is 146 cm³/mol. The van der Waals surface area contributed by atoms with E-state index >= 15 is 0 Å². The fourth-order valence-corrected chi connectivity index (χ4v) is 4.97. The van der Waals surface area contributed by atoms with Gasteiger partial charge in [-0.25, -0.2) is 0 Å². The molecule has 2 amide bonds. The van der Waals surface area contributed by atoms with E-state index < -0.39 is 6.04 Å². The monoisotopic (exact) mass is 482 g/mol. The Balaban J connectivity index is 1.64. The van der Waals surface area contributed by atoms with Gasteiger partial charge in [0.1, 0.15) is 6.04 Å². The van der Waals surface area contributed by atoms with Gasteiger partial charge in [-0.3, -0.25) is 9.59 Å². The molecule has 0 bridgehead atoms. The number of aryl methyl sites for hydroxylation is 2. The number of hydrogen-bond donors (Lipinski definition) is 1. The lowest BCUT2D eigenvalue weighted by Crippen LogP contribution is -2.53. The second-order valence-corrected chi connectivity index (χ2v) is 10.2. The number of carbonyl (C=O) groups excluding carboxylic acids is 2. The molecular formula is C32H38N2O2. The van der Waals surface area contributed by atoms with E-state index in [9.17, 15) is 9.59 Å². The van der Waals surface area contributed by atoms with Crippen molar-refractivity contribution in [2.45, 2.75) is 77.4 Å². The summed E-state index contributed by atoms with van der Waals surface area (Å²) in [6.45, 7) is 4.50. The number of benzene rings is 3. The quantitative estimate of drug-likeness (QED) is 0.411. The molecule has 0 heterocycles. The third kappa shape index (κ3) is 7.30. The van der Waals surface area contributed by atoms with Crippen molar-refractivity contribution in [3.63, 3.8) is 0 Å². The molecule has 0 aliphatic heterocycles. The topological polar surface area (TPSA) is 49.4 Å². The van der Waals surface area contributed by atoms with Crippen molar-refractivity contribution in [3.8, 4) is 0 Å². The molecule has 3 aromatic carbocycles. The molecule has 4 nitrogen and oxygen atoms in total. The smallest absolute Gasteiger partial charge is 0.243 e. The molecule has 1 atom stereocenters. The largest absolute Gasteiger partial charge is 0.352 e. The van der Waals surface area contributed by atoms with Crippen LogP contribution in [-0.2, 0) is 29.0 Å². The van der Waals surface area contributed by atoms with E-state index in [-0.39, 0.29) is 24.3 Å². The average Bonchev–Trinajstić information content (AvgIpc) is 2.89. The first-order chi connectivity index (χ1) is 17.5. The van der Waals surface area contributed by atoms with Crippen LogP contribution in [0, 0.1) is 13.8 Å². The van der Waals surface area contributed by atoms with E-state index in [0.29, 0.717) is 13.0 Å². The van der Waals surface area contributed by atoms with Crippen molar-refractivity contribution in [2.75, 3.05) is 0 Å². The molecule has 1 fully saturated rings. The first-order valence-corrected chi connectivity index (χ1v) is 13.2. The molecule has 36 heavy (non-hydrogen) atoms. The van der Waals surface area contributed by atoms with Gasteiger partial charge in [0.15, 0.2) is 0 Å². The molecule has 4 heteroatoms. The van der Waals surface area contributed by atoms with E-state index in [1.165, 1.54) is 12.0 Å². The molecule has 188 valence electrons. The molecule has 1 N–H and O–H groups in total. The molecule has 1 aliphatic rings. The van der Waals surface area contributed by atoms with Crippen LogP contribution in [0.3, 0.4) is 0 Å². The van der Waals surface area contributed by atoms with Crippen molar-refractivity contribution in [1.29, 1.82) is 0 Å². The molecular weight excluding hydrogens is 444 g/mol. The van der Waals surface area contributed by atoms with Crippen molar-refractivity contribution >= 4 is 11.8 Å². The maximum atomic E-state index is 13.8. The fourth-order valence-electron chi connectivity index (χ4n) is 4.97. The van der Waals surface area contributed by atoms with Gasteiger partial charge in [0, 0.05) is 19.0 Å². The first-order valence-electron chi connectivity index (χ1n) is 13.2. The van der Waals surface area contributed by atoms with Crippen molar-refractivity contribution in [2.24, 2.45) is 0 Å². The Morgan fingerprint density at radius 1 is 0.778 bits per heavy atom. The second-order valence-electron chi connectivity index (χ2n) is 10.2. The zero-order valence-electron chi connectivity index (χ0n) is 21.6. The number of hydrogen-bond acceptors (Lipinski definition) is 2. The summed E-state index contributed by atoms with van der Waals surface area (Å²) in [5.74, 6) is -0.0747. The molecule has 0 spiro atoms. The number of rotatable bonds is 9. The van der Waals surface area contributed by atoms with Crippen LogP contribution in [0.1, 0.15) is 59.9 Å². The van der Waals surface area contributed by atoms with Gasteiger partial charge in [-0.15, -0.1) is 0 Å². The highest BCUT2D eigenvalue weighted by Gasteiger charge is 2.31. The van der Waals surface area contributed by atoms with E-state index in [4.69, 9.17) is 0 Å². The van der Waals surface area contributed by atoms with Crippen LogP contribution >= 0.6 is 0 Å². The Hall–Kier alpha value is -3.40. The molecule has 1 unspecified atom stereocenters. The summed E-state index contributed by atoms with van der Waals surface area (Å²) in [5, 5.41) is 3.31. The highest BCUT2D eigenvalue weighted by atomic mass is 16.2. The number of amides is 2. The highest BCUT2D eigenvalue weighted by molar-refractivity contribution is 5.89. The van der Waals surface area contributed by atoms with E-state index in [1.54, 1.807) is 4.90 Å².